The number of aliphatic carboxylic acids is 1. The summed E-state index contributed by atoms with van der Waals surface area (Å²) in [6, 6.07) is 12.3. The number of hydrogen-bond acceptors (Lipinski definition) is 3. The van der Waals surface area contributed by atoms with E-state index in [4.69, 9.17) is 5.11 Å². The van der Waals surface area contributed by atoms with Crippen molar-refractivity contribution in [3.05, 3.63) is 65.5 Å². The highest BCUT2D eigenvalue weighted by atomic mass is 16.4. The van der Waals surface area contributed by atoms with Crippen molar-refractivity contribution in [1.29, 1.82) is 0 Å². The number of nitrogens with zero attached hydrogens (tertiary/aromatic N) is 2. The Balaban J connectivity index is 1.76. The van der Waals surface area contributed by atoms with Crippen LogP contribution in [0.25, 0.3) is 17.1 Å². The molecular formula is C19H17N3O3. The second kappa shape index (κ2) is 6.60. The van der Waals surface area contributed by atoms with E-state index in [1.54, 1.807) is 36.4 Å². The highest BCUT2D eigenvalue weighted by Crippen LogP contribution is 2.18. The SMILES string of the molecule is Cc1nc2cc(C(=O)Nc3ccc(C=CC(=O)O)cc3)ccc2n1C. The van der Waals surface area contributed by atoms with Crippen molar-refractivity contribution in [3.63, 3.8) is 0 Å². The minimum absolute atomic E-state index is 0.223. The molecule has 6 nitrogen and oxygen atoms in total. The normalized spacial score (nSPS) is 11.1. The highest BCUT2D eigenvalue weighted by molar-refractivity contribution is 6.06. The Bertz CT molecular complexity index is 985. The molecule has 0 saturated heterocycles. The van der Waals surface area contributed by atoms with Crippen LogP contribution in [-0.4, -0.2) is 26.5 Å². The van der Waals surface area contributed by atoms with Crippen molar-refractivity contribution in [1.82, 2.24) is 9.55 Å². The molecule has 0 unspecified atom stereocenters. The molecule has 0 aliphatic carbocycles. The second-order valence-corrected chi connectivity index (χ2v) is 5.67. The van der Waals surface area contributed by atoms with Gasteiger partial charge in [0.1, 0.15) is 5.82 Å². The molecule has 126 valence electrons. The fourth-order valence-corrected chi connectivity index (χ4v) is 2.51. The number of aromatic nitrogens is 2. The van der Waals surface area contributed by atoms with Crippen LogP contribution in [0, 0.1) is 6.92 Å². The van der Waals surface area contributed by atoms with Gasteiger partial charge in [0.15, 0.2) is 0 Å². The first kappa shape index (κ1) is 16.4. The number of carboxylic acid groups (broad SMARTS) is 1. The van der Waals surface area contributed by atoms with E-state index in [0.717, 1.165) is 28.5 Å². The quantitative estimate of drug-likeness (QED) is 0.717. The summed E-state index contributed by atoms with van der Waals surface area (Å²) in [6.45, 7) is 1.92. The number of hydrogen-bond donors (Lipinski definition) is 2. The van der Waals surface area contributed by atoms with E-state index < -0.39 is 5.97 Å². The Morgan fingerprint density at radius 2 is 1.88 bits per heavy atom. The van der Waals surface area contributed by atoms with E-state index in [2.05, 4.69) is 10.3 Å². The van der Waals surface area contributed by atoms with Gasteiger partial charge >= 0.3 is 5.97 Å². The zero-order valence-corrected chi connectivity index (χ0v) is 13.9. The molecule has 6 heteroatoms. The molecule has 1 heterocycles. The Labute approximate surface area is 144 Å². The summed E-state index contributed by atoms with van der Waals surface area (Å²) < 4.78 is 1.97. The van der Waals surface area contributed by atoms with Crippen LogP contribution in [0.5, 0.6) is 0 Å². The molecule has 3 rings (SSSR count). The summed E-state index contributed by atoms with van der Waals surface area (Å²) in [7, 11) is 1.94. The third-order valence-corrected chi connectivity index (χ3v) is 3.95. The largest absolute Gasteiger partial charge is 0.478 e. The maximum atomic E-state index is 12.4. The number of carbonyl (C=O) groups excluding carboxylic acids is 1. The molecule has 0 radical (unpaired) electrons. The molecule has 25 heavy (non-hydrogen) atoms. The smallest absolute Gasteiger partial charge is 0.328 e. The zero-order valence-electron chi connectivity index (χ0n) is 13.9. The topological polar surface area (TPSA) is 84.2 Å². The van der Waals surface area contributed by atoms with Gasteiger partial charge in [-0.3, -0.25) is 4.79 Å². The molecule has 2 N–H and O–H groups in total. The van der Waals surface area contributed by atoms with Gasteiger partial charge in [0, 0.05) is 24.4 Å². The monoisotopic (exact) mass is 335 g/mol. The number of nitrogens with one attached hydrogen (secondary N) is 1. The molecule has 0 fully saturated rings. The van der Waals surface area contributed by atoms with E-state index in [1.807, 2.05) is 24.6 Å². The van der Waals surface area contributed by atoms with E-state index in [0.29, 0.717) is 11.3 Å². The average molecular weight is 335 g/mol. The molecule has 0 bridgehead atoms. The van der Waals surface area contributed by atoms with Gasteiger partial charge in [-0.15, -0.1) is 0 Å². The summed E-state index contributed by atoms with van der Waals surface area (Å²) >= 11 is 0. The van der Waals surface area contributed by atoms with E-state index in [9.17, 15) is 9.59 Å². The third-order valence-electron chi connectivity index (χ3n) is 3.95. The van der Waals surface area contributed by atoms with Crippen LogP contribution in [0.1, 0.15) is 21.7 Å². The molecule has 1 amide bonds. The average Bonchev–Trinajstić information content (AvgIpc) is 2.88. The molecule has 0 aliphatic heterocycles. The van der Waals surface area contributed by atoms with Crippen molar-refractivity contribution in [2.75, 3.05) is 5.32 Å². The van der Waals surface area contributed by atoms with Gasteiger partial charge in [0.2, 0.25) is 0 Å². The van der Waals surface area contributed by atoms with Gasteiger partial charge in [-0.2, -0.15) is 0 Å². The number of amides is 1. The summed E-state index contributed by atoms with van der Waals surface area (Å²) in [4.78, 5) is 27.4. The number of carboxylic acids is 1. The van der Waals surface area contributed by atoms with Crippen molar-refractivity contribution < 1.29 is 14.7 Å². The van der Waals surface area contributed by atoms with Crippen molar-refractivity contribution >= 4 is 34.7 Å². The molecule has 0 aliphatic rings. The zero-order chi connectivity index (χ0) is 18.0. The molecule has 2 aromatic carbocycles. The number of benzene rings is 2. The molecule has 1 aromatic heterocycles. The lowest BCUT2D eigenvalue weighted by molar-refractivity contribution is -0.131. The lowest BCUT2D eigenvalue weighted by atomic mass is 10.1. The van der Waals surface area contributed by atoms with Crippen LogP contribution in [0.3, 0.4) is 0 Å². The van der Waals surface area contributed by atoms with Gasteiger partial charge in [0.05, 0.1) is 11.0 Å². The Morgan fingerprint density at radius 3 is 2.56 bits per heavy atom. The predicted molar refractivity (Wildman–Crippen MR) is 96.5 cm³/mol. The minimum Gasteiger partial charge on any atom is -0.478 e. The maximum absolute atomic E-state index is 12.4. The number of imidazole rings is 1. The summed E-state index contributed by atoms with van der Waals surface area (Å²) in [6.07, 6.45) is 2.56. The van der Waals surface area contributed by atoms with E-state index in [1.165, 1.54) is 6.08 Å². The lowest BCUT2D eigenvalue weighted by Crippen LogP contribution is -2.11. The first-order valence-corrected chi connectivity index (χ1v) is 7.69. The number of anilines is 1. The van der Waals surface area contributed by atoms with Crippen LogP contribution in [0.4, 0.5) is 5.69 Å². The molecular weight excluding hydrogens is 318 g/mol. The summed E-state index contributed by atoms with van der Waals surface area (Å²) in [5, 5.41) is 11.4. The van der Waals surface area contributed by atoms with Gasteiger partial charge in [-0.25, -0.2) is 9.78 Å². The molecule has 0 atom stereocenters. The predicted octanol–water partition coefficient (Wildman–Crippen LogP) is 3.23. The Morgan fingerprint density at radius 1 is 1.16 bits per heavy atom. The van der Waals surface area contributed by atoms with Gasteiger partial charge in [-0.1, -0.05) is 12.1 Å². The third kappa shape index (κ3) is 3.58. The first-order valence-electron chi connectivity index (χ1n) is 7.69. The fourth-order valence-electron chi connectivity index (χ4n) is 2.51. The standard InChI is InChI=1S/C19H17N3O3/c1-12-20-16-11-14(6-9-17(16)22(12)2)19(25)21-15-7-3-13(4-8-15)5-10-18(23)24/h3-11H,1-2H3,(H,21,25)(H,23,24). The lowest BCUT2D eigenvalue weighted by Gasteiger charge is -2.06. The maximum Gasteiger partial charge on any atom is 0.328 e. The van der Waals surface area contributed by atoms with Crippen molar-refractivity contribution in [2.24, 2.45) is 7.05 Å². The van der Waals surface area contributed by atoms with Crippen LogP contribution in [-0.2, 0) is 11.8 Å². The fraction of sp³-hybridized carbons (Fsp3) is 0.105. The van der Waals surface area contributed by atoms with Crippen LogP contribution in [0.15, 0.2) is 48.5 Å². The second-order valence-electron chi connectivity index (χ2n) is 5.67. The van der Waals surface area contributed by atoms with Crippen molar-refractivity contribution in [2.45, 2.75) is 6.92 Å². The van der Waals surface area contributed by atoms with Gasteiger partial charge in [0.25, 0.3) is 5.91 Å². The molecule has 3 aromatic rings. The molecule has 0 saturated carbocycles. The number of rotatable bonds is 4. The van der Waals surface area contributed by atoms with E-state index >= 15 is 0 Å². The number of fused-ring (bicyclic) bond motifs is 1. The minimum atomic E-state index is -1.00. The van der Waals surface area contributed by atoms with E-state index in [-0.39, 0.29) is 5.91 Å². The highest BCUT2D eigenvalue weighted by Gasteiger charge is 2.10. The summed E-state index contributed by atoms with van der Waals surface area (Å²) in [5.41, 5.74) is 3.66. The van der Waals surface area contributed by atoms with Gasteiger partial charge in [-0.05, 0) is 48.9 Å². The Hall–Kier alpha value is -3.41. The molecule has 0 spiro atoms. The summed E-state index contributed by atoms with van der Waals surface area (Å²) in [5.74, 6) is -0.339. The van der Waals surface area contributed by atoms with Gasteiger partial charge < -0.3 is 15.0 Å². The van der Waals surface area contributed by atoms with Crippen LogP contribution in [0.2, 0.25) is 0 Å². The first-order chi connectivity index (χ1) is 11.9. The number of aryl methyl sites for hydroxylation is 2. The number of carbonyl (C=O) groups is 2. The van der Waals surface area contributed by atoms with Crippen LogP contribution < -0.4 is 5.32 Å². The van der Waals surface area contributed by atoms with Crippen LogP contribution >= 0.6 is 0 Å². The Kier molecular flexibility index (Phi) is 4.35. The van der Waals surface area contributed by atoms with Crippen molar-refractivity contribution in [3.8, 4) is 0 Å².